The Morgan fingerprint density at radius 3 is 2.28 bits per heavy atom. The number of aromatic nitrogens is 2. The van der Waals surface area contributed by atoms with Gasteiger partial charge in [-0.15, -0.1) is 0 Å². The van der Waals surface area contributed by atoms with Crippen LogP contribution < -0.4 is 10.9 Å². The van der Waals surface area contributed by atoms with Crippen molar-refractivity contribution in [3.8, 4) is 0 Å². The van der Waals surface area contributed by atoms with Crippen LogP contribution in [-0.4, -0.2) is 20.7 Å². The molecule has 1 N–H and O–H groups in total. The molecule has 1 atom stereocenters. The van der Waals surface area contributed by atoms with Crippen LogP contribution in [0.5, 0.6) is 0 Å². The van der Waals surface area contributed by atoms with Gasteiger partial charge in [0, 0.05) is 31.3 Å². The largest absolute Gasteiger partial charge is 0.351 e. The van der Waals surface area contributed by atoms with Crippen LogP contribution in [-0.2, 0) is 24.8 Å². The molecule has 0 bridgehead atoms. The number of hydrogen-bond acceptors (Lipinski definition) is 4. The van der Waals surface area contributed by atoms with Gasteiger partial charge in [0.05, 0.1) is 5.25 Å². The van der Waals surface area contributed by atoms with Crippen molar-refractivity contribution in [2.24, 2.45) is 7.05 Å². The Balaban J connectivity index is 1.70. The van der Waals surface area contributed by atoms with E-state index < -0.39 is 0 Å². The molecule has 3 aromatic rings. The molecule has 29 heavy (non-hydrogen) atoms. The predicted molar refractivity (Wildman–Crippen MR) is 117 cm³/mol. The van der Waals surface area contributed by atoms with E-state index in [-0.39, 0.29) is 16.7 Å². The van der Waals surface area contributed by atoms with Crippen molar-refractivity contribution in [2.45, 2.75) is 37.2 Å². The Kier molecular flexibility index (Phi) is 6.88. The molecule has 1 amide bonds. The van der Waals surface area contributed by atoms with Crippen LogP contribution in [0.1, 0.15) is 29.3 Å². The molecule has 1 aromatic heterocycles. The second-order valence-corrected chi connectivity index (χ2v) is 8.26. The van der Waals surface area contributed by atoms with E-state index in [2.05, 4.69) is 10.3 Å². The van der Waals surface area contributed by atoms with Gasteiger partial charge in [0.2, 0.25) is 5.91 Å². The highest BCUT2D eigenvalue weighted by atomic mass is 32.2. The van der Waals surface area contributed by atoms with Gasteiger partial charge >= 0.3 is 0 Å². The first-order chi connectivity index (χ1) is 14.0. The molecule has 3 rings (SSSR count). The summed E-state index contributed by atoms with van der Waals surface area (Å²) in [4.78, 5) is 30.0. The number of carbonyl (C=O) groups is 1. The summed E-state index contributed by atoms with van der Waals surface area (Å²) >= 11 is 1.30. The molecule has 0 fully saturated rings. The number of amides is 1. The maximum Gasteiger partial charge on any atom is 0.257 e. The molecule has 6 heteroatoms. The monoisotopic (exact) mass is 407 g/mol. The van der Waals surface area contributed by atoms with Crippen LogP contribution in [0.4, 0.5) is 0 Å². The fourth-order valence-corrected chi connectivity index (χ4v) is 3.92. The summed E-state index contributed by atoms with van der Waals surface area (Å²) in [5, 5.41) is 3.12. The molecule has 5 nitrogen and oxygen atoms in total. The second-order valence-electron chi connectivity index (χ2n) is 6.95. The van der Waals surface area contributed by atoms with Crippen LogP contribution in [0.15, 0.2) is 70.6 Å². The summed E-state index contributed by atoms with van der Waals surface area (Å²) < 4.78 is 1.54. The maximum atomic E-state index is 12.9. The zero-order valence-electron chi connectivity index (χ0n) is 16.9. The number of hydrogen-bond donors (Lipinski definition) is 1. The number of aryl methyl sites for hydroxylation is 1. The van der Waals surface area contributed by atoms with Gasteiger partial charge in [0.15, 0.2) is 5.16 Å². The highest BCUT2D eigenvalue weighted by Crippen LogP contribution is 2.21. The SMILES string of the molecule is Cc1nc(SC(C)C(=O)NCc2ccccc2)n(C)c(=O)c1Cc1ccccc1. The Bertz CT molecular complexity index is 1030. The first-order valence-corrected chi connectivity index (χ1v) is 10.4. The van der Waals surface area contributed by atoms with Crippen molar-refractivity contribution in [3.63, 3.8) is 0 Å². The van der Waals surface area contributed by atoms with Gasteiger partial charge in [0.1, 0.15) is 0 Å². The summed E-state index contributed by atoms with van der Waals surface area (Å²) in [5.74, 6) is -0.0842. The fraction of sp³-hybridized carbons (Fsp3) is 0.261. The lowest BCUT2D eigenvalue weighted by Crippen LogP contribution is -2.32. The smallest absolute Gasteiger partial charge is 0.257 e. The highest BCUT2D eigenvalue weighted by Gasteiger charge is 2.19. The van der Waals surface area contributed by atoms with Crippen LogP contribution in [0, 0.1) is 6.92 Å². The third-order valence-electron chi connectivity index (χ3n) is 4.73. The minimum Gasteiger partial charge on any atom is -0.351 e. The van der Waals surface area contributed by atoms with Crippen molar-refractivity contribution in [1.82, 2.24) is 14.9 Å². The molecule has 0 saturated carbocycles. The molecule has 2 aromatic carbocycles. The molecule has 0 radical (unpaired) electrons. The zero-order chi connectivity index (χ0) is 20.8. The van der Waals surface area contributed by atoms with E-state index in [0.29, 0.717) is 29.4 Å². The Morgan fingerprint density at radius 2 is 1.66 bits per heavy atom. The quantitative estimate of drug-likeness (QED) is 0.481. The van der Waals surface area contributed by atoms with E-state index in [1.165, 1.54) is 16.3 Å². The number of benzene rings is 2. The molecule has 0 aliphatic heterocycles. The molecule has 0 spiro atoms. The lowest BCUT2D eigenvalue weighted by atomic mass is 10.1. The predicted octanol–water partition coefficient (Wildman–Crippen LogP) is 3.48. The van der Waals surface area contributed by atoms with Gasteiger partial charge in [-0.05, 0) is 25.0 Å². The minimum atomic E-state index is -0.365. The van der Waals surface area contributed by atoms with E-state index in [1.54, 1.807) is 7.05 Å². The van der Waals surface area contributed by atoms with E-state index in [1.807, 2.05) is 74.5 Å². The molecule has 1 unspecified atom stereocenters. The van der Waals surface area contributed by atoms with Crippen molar-refractivity contribution in [3.05, 3.63) is 93.4 Å². The summed E-state index contributed by atoms with van der Waals surface area (Å²) in [6.07, 6.45) is 0.546. The van der Waals surface area contributed by atoms with Gasteiger partial charge in [-0.2, -0.15) is 0 Å². The van der Waals surface area contributed by atoms with E-state index in [4.69, 9.17) is 0 Å². The number of carbonyl (C=O) groups excluding carboxylic acids is 1. The molecule has 1 heterocycles. The average Bonchev–Trinajstić information content (AvgIpc) is 2.74. The number of nitrogens with one attached hydrogen (secondary N) is 1. The van der Waals surface area contributed by atoms with Gasteiger partial charge in [0.25, 0.3) is 5.56 Å². The molecular formula is C23H25N3O2S. The van der Waals surface area contributed by atoms with Gasteiger partial charge in [-0.3, -0.25) is 14.2 Å². The van der Waals surface area contributed by atoms with E-state index in [9.17, 15) is 9.59 Å². The summed E-state index contributed by atoms with van der Waals surface area (Å²) in [6.45, 7) is 4.15. The highest BCUT2D eigenvalue weighted by molar-refractivity contribution is 8.00. The third kappa shape index (κ3) is 5.35. The van der Waals surface area contributed by atoms with Crippen LogP contribution >= 0.6 is 11.8 Å². The van der Waals surface area contributed by atoms with Crippen LogP contribution in [0.3, 0.4) is 0 Å². The molecule has 0 saturated heterocycles. The van der Waals surface area contributed by atoms with Gasteiger partial charge < -0.3 is 5.32 Å². The standard InChI is InChI=1S/C23H25N3O2S/c1-16-20(14-18-10-6-4-7-11-18)22(28)26(3)23(25-16)29-17(2)21(27)24-15-19-12-8-5-9-13-19/h4-13,17H,14-15H2,1-3H3,(H,24,27). The van der Waals surface area contributed by atoms with Crippen molar-refractivity contribution in [1.29, 1.82) is 0 Å². The van der Waals surface area contributed by atoms with Crippen LogP contribution in [0.25, 0.3) is 0 Å². The Hall–Kier alpha value is -2.86. The molecule has 0 aliphatic rings. The first kappa shape index (κ1) is 20.9. The van der Waals surface area contributed by atoms with Crippen molar-refractivity contribution in [2.75, 3.05) is 0 Å². The Morgan fingerprint density at radius 1 is 1.07 bits per heavy atom. The van der Waals surface area contributed by atoms with E-state index in [0.717, 1.165) is 11.1 Å². The number of rotatable bonds is 7. The van der Waals surface area contributed by atoms with Crippen molar-refractivity contribution >= 4 is 17.7 Å². The number of nitrogens with zero attached hydrogens (tertiary/aromatic N) is 2. The zero-order valence-corrected chi connectivity index (χ0v) is 17.7. The maximum absolute atomic E-state index is 12.9. The minimum absolute atomic E-state index is 0.0688. The van der Waals surface area contributed by atoms with Gasteiger partial charge in [-0.1, -0.05) is 72.4 Å². The average molecular weight is 408 g/mol. The Labute approximate surface area is 175 Å². The normalized spacial score (nSPS) is 11.8. The summed E-state index contributed by atoms with van der Waals surface area (Å²) in [6, 6.07) is 19.7. The van der Waals surface area contributed by atoms with Crippen molar-refractivity contribution < 1.29 is 4.79 Å². The summed E-state index contributed by atoms with van der Waals surface area (Å²) in [7, 11) is 1.71. The third-order valence-corrected chi connectivity index (χ3v) is 5.88. The first-order valence-electron chi connectivity index (χ1n) is 9.54. The lowest BCUT2D eigenvalue weighted by molar-refractivity contribution is -0.120. The number of thioether (sulfide) groups is 1. The van der Waals surface area contributed by atoms with Crippen LogP contribution in [0.2, 0.25) is 0 Å². The molecular weight excluding hydrogens is 382 g/mol. The van der Waals surface area contributed by atoms with Gasteiger partial charge in [-0.25, -0.2) is 4.98 Å². The second kappa shape index (κ2) is 9.56. The fourth-order valence-electron chi connectivity index (χ4n) is 2.98. The van der Waals surface area contributed by atoms with E-state index >= 15 is 0 Å². The molecule has 0 aliphatic carbocycles. The topological polar surface area (TPSA) is 64.0 Å². The summed E-state index contributed by atoms with van der Waals surface area (Å²) in [5.41, 5.74) is 3.44. The lowest BCUT2D eigenvalue weighted by Gasteiger charge is -2.15. The molecule has 150 valence electrons.